The van der Waals surface area contributed by atoms with Crippen molar-refractivity contribution >= 4 is 113 Å². The van der Waals surface area contributed by atoms with Crippen LogP contribution in [0.3, 0.4) is 0 Å². The van der Waals surface area contributed by atoms with Gasteiger partial charge in [-0.05, 0) is 128 Å². The Morgan fingerprint density at radius 2 is 0.692 bits per heavy atom. The Morgan fingerprint density at radius 3 is 1.03 bits per heavy atom. The Hall–Kier alpha value is -16.7. The molecule has 133 heavy (non-hydrogen) atoms. The lowest BCUT2D eigenvalue weighted by molar-refractivity contribution is -0.122. The van der Waals surface area contributed by atoms with Gasteiger partial charge in [0.05, 0.1) is 87.3 Å². The van der Waals surface area contributed by atoms with Crippen molar-refractivity contribution < 1.29 is 28.7 Å². The average Bonchev–Trinajstić information content (AvgIpc) is 1.67. The summed E-state index contributed by atoms with van der Waals surface area (Å²) in [6.45, 7) is 3.17. The minimum Gasteiger partial charge on any atom is -0.381 e. The maximum Gasteiger partial charge on any atom is 0.276 e. The molecule has 20 aromatic rings. The van der Waals surface area contributed by atoms with E-state index in [-0.39, 0.29) is 35.5 Å². The second-order valence-electron chi connectivity index (χ2n) is 30.0. The maximum absolute atomic E-state index is 12.9. The Morgan fingerprint density at radius 1 is 0.346 bits per heavy atom. The molecular weight excluding hydrogens is 1740 g/mol. The molecule has 0 atom stereocenters. The summed E-state index contributed by atoms with van der Waals surface area (Å²) in [5.74, 6) is 2.36. The van der Waals surface area contributed by atoms with E-state index in [4.69, 9.17) is 25.3 Å². The van der Waals surface area contributed by atoms with Crippen LogP contribution in [0, 0.1) is 24.2 Å². The molecule has 9 aromatic heterocycles. The first-order valence-electron chi connectivity index (χ1n) is 42.5. The van der Waals surface area contributed by atoms with Crippen LogP contribution in [-0.2, 0) is 9.53 Å². The molecule has 652 valence electrons. The third kappa shape index (κ3) is 22.3. The molecule has 0 aliphatic carbocycles. The second kappa shape index (κ2) is 42.9. The van der Waals surface area contributed by atoms with E-state index in [2.05, 4.69) is 47.8 Å². The number of thiazole rings is 1. The van der Waals surface area contributed by atoms with E-state index in [9.17, 15) is 24.0 Å². The zero-order chi connectivity index (χ0) is 91.0. The van der Waals surface area contributed by atoms with E-state index in [1.54, 1.807) is 70.5 Å². The van der Waals surface area contributed by atoms with E-state index in [0.717, 1.165) is 112 Å². The summed E-state index contributed by atoms with van der Waals surface area (Å²) < 4.78 is 15.3. The van der Waals surface area contributed by atoms with Crippen molar-refractivity contribution in [1.82, 2.24) is 53.9 Å². The molecule has 23 nitrogen and oxygen atoms in total. The van der Waals surface area contributed by atoms with Crippen LogP contribution in [0.5, 0.6) is 0 Å². The highest BCUT2D eigenvalue weighted by molar-refractivity contribution is 7.38. The van der Waals surface area contributed by atoms with Crippen LogP contribution in [0.25, 0.3) is 94.1 Å². The number of ether oxygens (including phenoxy) is 1. The number of nitrogens with one attached hydrogen (secondary N) is 5. The summed E-state index contributed by atoms with van der Waals surface area (Å²) in [6.07, 6.45) is 1.52. The van der Waals surface area contributed by atoms with Crippen molar-refractivity contribution in [2.45, 2.75) is 19.8 Å². The average molecular weight is 1820 g/mol. The molecular formula is C106H83N17O6S4. The monoisotopic (exact) mass is 1820 g/mol. The number of hydrogen-bond donors (Lipinski definition) is 5. The number of anilines is 5. The van der Waals surface area contributed by atoms with Crippen molar-refractivity contribution in [3.8, 4) is 90.8 Å². The summed E-state index contributed by atoms with van der Waals surface area (Å²) >= 11 is 6.03. The zero-order valence-electron chi connectivity index (χ0n) is 71.5. The molecule has 21 rings (SSSR count). The predicted octanol–water partition coefficient (Wildman–Crippen LogP) is 24.0. The number of thiophene rings is 3. The van der Waals surface area contributed by atoms with Gasteiger partial charge in [-0.3, -0.25) is 24.0 Å². The van der Waals surface area contributed by atoms with E-state index >= 15 is 0 Å². The van der Waals surface area contributed by atoms with Crippen molar-refractivity contribution in [3.05, 3.63) is 430 Å². The van der Waals surface area contributed by atoms with Gasteiger partial charge in [0.25, 0.3) is 23.6 Å². The van der Waals surface area contributed by atoms with Gasteiger partial charge in [0.15, 0.2) is 0 Å². The first-order valence-corrected chi connectivity index (χ1v) is 45.9. The number of fused-ring (bicyclic) bond motifs is 1. The lowest BCUT2D eigenvalue weighted by atomic mass is 9.99. The van der Waals surface area contributed by atoms with Gasteiger partial charge in [-0.25, -0.2) is 28.4 Å². The Kier molecular flexibility index (Phi) is 28.5. The lowest BCUT2D eigenvalue weighted by Gasteiger charge is -2.21. The standard InChI is InChI=1S/C23H16N4O.C22H15N3OS2.C21H21N3O2.C20H16N4OS.C20H15N3OS/c24-16-17-8-7-11-19(14-17)23(28)25-22-15-21(18-9-3-1-4-10-18)26-27(22)20-12-5-2-6-13-20;26-21(19-13-16-11-12-27-22(16)28-19)23-20-14-18(15-7-3-1-4-8-15)24-25(20)17-9-5-2-6-10-17;25-21(17-11-13-26-14-12-17)22-20-15-19(16-7-3-1-4-8-16)23-24(20)18-9-5-2-6-10-18;1-14-21-18(13-26-14)20(25)22-19-12-17(15-8-4-2-5-9-15)23-24(19)16-10-6-3-7-11-16;24-20(18-12-7-13-25-18)21-19-14-17(15-8-3-1-4-9-15)22-23(19)16-10-5-2-6-11-16/h1-15H,(H,25,28);1-14H,(H,23,26);1-10,15,17H,11-14H2,(H,22,25);2-13H,1H3,(H,22,25);1-14H,(H,21,24). The van der Waals surface area contributed by atoms with Crippen LogP contribution in [-0.4, -0.2) is 96.6 Å². The molecule has 0 bridgehead atoms. The number of rotatable bonds is 20. The molecule has 1 aliphatic rings. The molecule has 11 aromatic carbocycles. The second-order valence-corrected chi connectivity index (χ2v) is 34.3. The fraction of sp³-hybridized carbons (Fsp3) is 0.0566. The van der Waals surface area contributed by atoms with E-state index in [1.165, 1.54) is 34.0 Å². The minimum absolute atomic E-state index is 0.0111. The number of benzene rings is 11. The highest BCUT2D eigenvalue weighted by Crippen LogP contribution is 2.35. The summed E-state index contributed by atoms with van der Waals surface area (Å²) in [5, 5.41) is 55.2. The number of para-hydroxylation sites is 5. The van der Waals surface area contributed by atoms with Crippen molar-refractivity contribution in [1.29, 1.82) is 5.26 Å². The SMILES string of the molecule is Cc1nc(C(=O)Nc2cc(-c3ccccc3)nn2-c2ccccc2)cs1.N#Cc1cccc(C(=O)Nc2cc(-c3ccccc3)nn2-c2ccccc2)c1.O=C(Nc1cc(-c2ccccc2)nn1-c1ccccc1)C1CCOCC1.O=C(Nc1cc(-c2ccccc2)nn1-c1ccccc1)c1cc2ccsc2s1.O=C(Nc1cc(-c2ccccc2)nn1-c1ccccc1)c1cccs1. The fourth-order valence-electron chi connectivity index (χ4n) is 14.3. The molecule has 1 saturated heterocycles. The highest BCUT2D eigenvalue weighted by atomic mass is 32.2. The van der Waals surface area contributed by atoms with Gasteiger partial charge in [-0.1, -0.05) is 255 Å². The van der Waals surface area contributed by atoms with Gasteiger partial charge in [0, 0.05) is 93.6 Å². The van der Waals surface area contributed by atoms with Crippen molar-refractivity contribution in [3.63, 3.8) is 0 Å². The molecule has 0 radical (unpaired) electrons. The molecule has 1 fully saturated rings. The topological polar surface area (TPSA) is 281 Å². The first kappa shape index (κ1) is 88.3. The van der Waals surface area contributed by atoms with Gasteiger partial charge < -0.3 is 31.3 Å². The van der Waals surface area contributed by atoms with Gasteiger partial charge in [0.1, 0.15) is 34.8 Å². The third-order valence-corrected chi connectivity index (χ3v) is 24.8. The Balaban J connectivity index is 0.000000116. The molecule has 0 unspecified atom stereocenters. The maximum atomic E-state index is 12.9. The molecule has 5 N–H and O–H groups in total. The fourth-order valence-corrected chi connectivity index (χ4v) is 17.5. The summed E-state index contributed by atoms with van der Waals surface area (Å²) in [4.78, 5) is 68.9. The predicted molar refractivity (Wildman–Crippen MR) is 531 cm³/mol. The van der Waals surface area contributed by atoms with Crippen LogP contribution in [0.4, 0.5) is 29.1 Å². The smallest absolute Gasteiger partial charge is 0.276 e. The number of hydrogen-bond acceptors (Lipinski definition) is 17. The van der Waals surface area contributed by atoms with Crippen LogP contribution >= 0.6 is 45.3 Å². The minimum atomic E-state index is -0.297. The molecule has 27 heteroatoms. The summed E-state index contributed by atoms with van der Waals surface area (Å²) in [5.41, 5.74) is 14.7. The van der Waals surface area contributed by atoms with E-state index < -0.39 is 0 Å². The van der Waals surface area contributed by atoms with Crippen LogP contribution in [0.15, 0.2) is 398 Å². The van der Waals surface area contributed by atoms with Crippen LogP contribution in [0.2, 0.25) is 0 Å². The van der Waals surface area contributed by atoms with Crippen molar-refractivity contribution in [2.24, 2.45) is 5.92 Å². The first-order chi connectivity index (χ1) is 65.3. The normalized spacial score (nSPS) is 11.5. The largest absolute Gasteiger partial charge is 0.381 e. The van der Waals surface area contributed by atoms with E-state index in [1.807, 2.05) is 370 Å². The number of carbonyl (C=O) groups excluding carboxylic acids is 5. The van der Waals surface area contributed by atoms with Gasteiger partial charge in [-0.2, -0.15) is 30.8 Å². The number of nitrogens with zero attached hydrogens (tertiary/aromatic N) is 12. The van der Waals surface area contributed by atoms with E-state index in [0.29, 0.717) is 68.9 Å². The number of aryl methyl sites for hydroxylation is 1. The quantitative estimate of drug-likeness (QED) is 0.0475. The van der Waals surface area contributed by atoms with Gasteiger partial charge in [-0.15, -0.1) is 45.3 Å². The summed E-state index contributed by atoms with van der Waals surface area (Å²) in [7, 11) is 0. The van der Waals surface area contributed by atoms with Crippen LogP contribution in [0.1, 0.15) is 63.6 Å². The molecule has 1 aliphatic heterocycles. The number of aromatic nitrogens is 11. The van der Waals surface area contributed by atoms with Gasteiger partial charge in [0.2, 0.25) is 5.91 Å². The van der Waals surface area contributed by atoms with Crippen molar-refractivity contribution in [2.75, 3.05) is 39.8 Å². The molecule has 0 spiro atoms. The lowest BCUT2D eigenvalue weighted by Crippen LogP contribution is -2.29. The zero-order valence-corrected chi connectivity index (χ0v) is 74.7. The summed E-state index contributed by atoms with van der Waals surface area (Å²) in [6, 6.07) is 124. The van der Waals surface area contributed by atoms with Crippen LogP contribution < -0.4 is 26.6 Å². The molecule has 10 heterocycles. The number of amides is 5. The molecule has 5 amide bonds. The highest BCUT2D eigenvalue weighted by Gasteiger charge is 2.26. The Labute approximate surface area is 781 Å². The van der Waals surface area contributed by atoms with Gasteiger partial charge >= 0.3 is 0 Å². The third-order valence-electron chi connectivity index (χ3n) is 20.9. The number of carbonyl (C=O) groups is 5. The number of nitriles is 1. The Bertz CT molecular complexity index is 7300. The molecule has 0 saturated carbocycles.